The molecule has 0 fully saturated rings. The van der Waals surface area contributed by atoms with Crippen LogP contribution in [0.2, 0.25) is 0 Å². The Morgan fingerprint density at radius 3 is 2.08 bits per heavy atom. The summed E-state index contributed by atoms with van der Waals surface area (Å²) >= 11 is 0. The molecule has 0 amide bonds. The van der Waals surface area contributed by atoms with Crippen molar-refractivity contribution >= 4 is 0 Å². The Hall–Kier alpha value is -0.430. The molecule has 1 atom stereocenters. The smallest absolute Gasteiger partial charge is 0.257 e. The summed E-state index contributed by atoms with van der Waals surface area (Å²) in [6, 6.07) is -3.56. The van der Waals surface area contributed by atoms with Gasteiger partial charge in [0.1, 0.15) is 0 Å². The molecule has 0 aromatic carbocycles. The predicted octanol–water partition coefficient (Wildman–Crippen LogP) is 2.50. The van der Waals surface area contributed by atoms with E-state index in [1.54, 1.807) is 0 Å². The normalized spacial score (nSPS) is 17.5. The number of alkyl halides is 4. The van der Waals surface area contributed by atoms with E-state index in [1.165, 1.54) is 0 Å². The Bertz CT molecular complexity index is 138. The number of ether oxygens (including phenoxy) is 1. The van der Waals surface area contributed by atoms with E-state index >= 15 is 0 Å². The molecule has 1 unspecified atom stereocenters. The fourth-order valence-electron chi connectivity index (χ4n) is 0.444. The van der Waals surface area contributed by atoms with Crippen LogP contribution in [0.5, 0.6) is 0 Å². The molecular formula is C5H7F5O2. The van der Waals surface area contributed by atoms with Gasteiger partial charge in [0, 0.05) is 6.92 Å². The summed E-state index contributed by atoms with van der Waals surface area (Å²) in [5.41, 5.74) is 0. The Kier molecular flexibility index (Phi) is 3.85. The van der Waals surface area contributed by atoms with Gasteiger partial charge in [-0.05, 0) is 4.53 Å². The molecular weight excluding hydrogens is 187 g/mol. The van der Waals surface area contributed by atoms with Crippen molar-refractivity contribution in [1.82, 2.24) is 0 Å². The van der Waals surface area contributed by atoms with Crippen LogP contribution in [0.3, 0.4) is 0 Å². The van der Waals surface area contributed by atoms with Crippen molar-refractivity contribution in [3.63, 3.8) is 0 Å². The molecule has 0 bridgehead atoms. The number of halogens is 5. The highest BCUT2D eigenvalue weighted by atomic mass is 19.3. The van der Waals surface area contributed by atoms with Crippen LogP contribution in [0.1, 0.15) is 13.3 Å². The highest BCUT2D eigenvalue weighted by molar-refractivity contribution is 4.54. The molecule has 0 aromatic heterocycles. The topological polar surface area (TPSA) is 18.5 Å². The van der Waals surface area contributed by atoms with Gasteiger partial charge >= 0.3 is 12.1 Å². The fraction of sp³-hybridized carbons (Fsp3) is 1.00. The third kappa shape index (κ3) is 4.45. The Balaban J connectivity index is 4.04. The van der Waals surface area contributed by atoms with Gasteiger partial charge in [-0.25, -0.2) is 0 Å². The van der Waals surface area contributed by atoms with E-state index in [0.29, 0.717) is 6.92 Å². The van der Waals surface area contributed by atoms with E-state index in [1.807, 2.05) is 0 Å². The third-order valence-corrected chi connectivity index (χ3v) is 0.855. The lowest BCUT2D eigenvalue weighted by molar-refractivity contribution is -0.460. The lowest BCUT2D eigenvalue weighted by atomic mass is 10.4. The molecule has 12 heavy (non-hydrogen) atoms. The minimum Gasteiger partial charge on any atom is -0.257 e. The molecule has 7 heteroatoms. The van der Waals surface area contributed by atoms with Crippen molar-refractivity contribution in [3.8, 4) is 0 Å². The molecule has 0 aliphatic carbocycles. The molecule has 0 aromatic rings. The molecule has 0 radical (unpaired) electrons. The lowest BCUT2D eigenvalue weighted by Crippen LogP contribution is -2.34. The van der Waals surface area contributed by atoms with Gasteiger partial charge in [-0.15, -0.1) is 4.94 Å². The molecule has 74 valence electrons. The van der Waals surface area contributed by atoms with Gasteiger partial charge in [-0.2, -0.15) is 13.2 Å². The first-order valence-corrected chi connectivity index (χ1v) is 2.95. The van der Waals surface area contributed by atoms with Crippen LogP contribution in [0.25, 0.3) is 0 Å². The first-order valence-electron chi connectivity index (χ1n) is 2.95. The van der Waals surface area contributed by atoms with Crippen molar-refractivity contribution < 1.29 is 31.8 Å². The average molecular weight is 194 g/mol. The fourth-order valence-corrected chi connectivity index (χ4v) is 0.444. The van der Waals surface area contributed by atoms with Gasteiger partial charge in [-0.3, -0.25) is 9.13 Å². The molecule has 0 saturated heterocycles. The van der Waals surface area contributed by atoms with Crippen molar-refractivity contribution in [2.75, 3.05) is 6.67 Å². The van der Waals surface area contributed by atoms with Crippen LogP contribution >= 0.6 is 0 Å². The quantitative estimate of drug-likeness (QED) is 0.494. The lowest BCUT2D eigenvalue weighted by Gasteiger charge is -2.21. The van der Waals surface area contributed by atoms with Crippen LogP contribution in [-0.2, 0) is 9.68 Å². The minimum atomic E-state index is -4.08. The zero-order valence-corrected chi connectivity index (χ0v) is 6.12. The molecule has 0 saturated carbocycles. The first kappa shape index (κ1) is 11.6. The average Bonchev–Trinajstić information content (AvgIpc) is 1.85. The number of rotatable bonds is 5. The minimum absolute atomic E-state index is 0.291. The highest BCUT2D eigenvalue weighted by Crippen LogP contribution is 2.29. The highest BCUT2D eigenvalue weighted by Gasteiger charge is 2.41. The van der Waals surface area contributed by atoms with Crippen LogP contribution in [-0.4, -0.2) is 18.8 Å². The second kappa shape index (κ2) is 3.99. The summed E-state index contributed by atoms with van der Waals surface area (Å²) < 4.78 is 62.2. The first-order chi connectivity index (χ1) is 5.33. The summed E-state index contributed by atoms with van der Waals surface area (Å²) in [6.07, 6.45) is -5.43. The Morgan fingerprint density at radius 2 is 1.75 bits per heavy atom. The van der Waals surface area contributed by atoms with Crippen LogP contribution in [0, 0.1) is 0 Å². The molecule has 2 nitrogen and oxygen atoms in total. The zero-order chi connectivity index (χ0) is 9.83. The van der Waals surface area contributed by atoms with E-state index in [4.69, 9.17) is 0 Å². The molecule has 0 aliphatic rings. The Morgan fingerprint density at radius 1 is 1.25 bits per heavy atom. The van der Waals surface area contributed by atoms with E-state index in [-0.39, 0.29) is 0 Å². The van der Waals surface area contributed by atoms with Crippen molar-refractivity contribution in [2.45, 2.75) is 25.5 Å². The zero-order valence-electron chi connectivity index (χ0n) is 6.12. The maximum Gasteiger partial charge on any atom is 0.362 e. The van der Waals surface area contributed by atoms with Crippen molar-refractivity contribution in [2.24, 2.45) is 0 Å². The van der Waals surface area contributed by atoms with Crippen molar-refractivity contribution in [1.29, 1.82) is 0 Å². The molecule has 0 aliphatic heterocycles. The predicted molar refractivity (Wildman–Crippen MR) is 28.3 cm³/mol. The summed E-state index contributed by atoms with van der Waals surface area (Å²) in [6.45, 7) is -1.12. The SMILES string of the molecule is CC(F)(OF)OC(F)(F)CCF. The van der Waals surface area contributed by atoms with Gasteiger partial charge in [0.15, 0.2) is 0 Å². The molecule has 0 N–H and O–H groups in total. The van der Waals surface area contributed by atoms with Crippen molar-refractivity contribution in [3.05, 3.63) is 0 Å². The van der Waals surface area contributed by atoms with Crippen LogP contribution < -0.4 is 0 Å². The van der Waals surface area contributed by atoms with E-state index in [0.717, 1.165) is 0 Å². The maximum atomic E-state index is 12.2. The number of hydrogen-bond acceptors (Lipinski definition) is 2. The largest absolute Gasteiger partial charge is 0.362 e. The van der Waals surface area contributed by atoms with E-state index in [9.17, 15) is 22.1 Å². The van der Waals surface area contributed by atoms with Gasteiger partial charge in [0.25, 0.3) is 0 Å². The maximum absolute atomic E-state index is 12.2. The van der Waals surface area contributed by atoms with Crippen LogP contribution in [0.4, 0.5) is 22.1 Å². The second-order valence-corrected chi connectivity index (χ2v) is 2.09. The van der Waals surface area contributed by atoms with Gasteiger partial charge in [-0.1, -0.05) is 0 Å². The van der Waals surface area contributed by atoms with E-state index in [2.05, 4.69) is 9.68 Å². The summed E-state index contributed by atoms with van der Waals surface area (Å²) in [5.74, 6) is 0. The van der Waals surface area contributed by atoms with Gasteiger partial charge < -0.3 is 0 Å². The van der Waals surface area contributed by atoms with Gasteiger partial charge in [0.2, 0.25) is 0 Å². The molecule has 0 heterocycles. The summed E-state index contributed by atoms with van der Waals surface area (Å²) in [4.78, 5) is 2.43. The summed E-state index contributed by atoms with van der Waals surface area (Å²) in [5, 5.41) is 0. The standard InChI is InChI=1S/C5H7F5O2/c1-4(7,12-10)11-5(8,9)2-3-6/h2-3H2,1H3. The number of hydrogen-bond donors (Lipinski definition) is 0. The van der Waals surface area contributed by atoms with Gasteiger partial charge in [0.05, 0.1) is 13.1 Å². The summed E-state index contributed by atoms with van der Waals surface area (Å²) in [7, 11) is 0. The van der Waals surface area contributed by atoms with Crippen LogP contribution in [0.15, 0.2) is 0 Å². The monoisotopic (exact) mass is 194 g/mol. The molecule has 0 rings (SSSR count). The third-order valence-electron chi connectivity index (χ3n) is 0.855. The van der Waals surface area contributed by atoms with E-state index < -0.39 is 25.2 Å². The second-order valence-electron chi connectivity index (χ2n) is 2.09. The Labute approximate surface area is 65.2 Å². The molecule has 0 spiro atoms.